The molecule has 26 heavy (non-hydrogen) atoms. The molecule has 0 aliphatic carbocycles. The van der Waals surface area contributed by atoms with Crippen LogP contribution in [0.4, 0.5) is 5.69 Å². The molecule has 1 heterocycles. The number of amides is 1. The van der Waals surface area contributed by atoms with Crippen molar-refractivity contribution in [2.75, 3.05) is 25.6 Å². The van der Waals surface area contributed by atoms with E-state index in [2.05, 4.69) is 5.32 Å². The van der Waals surface area contributed by atoms with Crippen molar-refractivity contribution in [3.8, 4) is 0 Å². The molecule has 0 fully saturated rings. The van der Waals surface area contributed by atoms with Gasteiger partial charge in [-0.1, -0.05) is 30.3 Å². The van der Waals surface area contributed by atoms with E-state index in [1.54, 1.807) is 26.2 Å². The molecule has 0 radical (unpaired) electrons. The summed E-state index contributed by atoms with van der Waals surface area (Å²) in [7, 11) is -2.18. The lowest BCUT2D eigenvalue weighted by atomic mass is 10.0. The van der Waals surface area contributed by atoms with Crippen molar-refractivity contribution in [1.82, 2.24) is 4.31 Å². The summed E-state index contributed by atoms with van der Waals surface area (Å²) in [6.07, 6.45) is 0. The van der Waals surface area contributed by atoms with Crippen molar-refractivity contribution in [3.05, 3.63) is 59.7 Å². The van der Waals surface area contributed by atoms with Crippen LogP contribution in [0.3, 0.4) is 0 Å². The number of carbonyl (C=O) groups is 1. The Bertz CT molecular complexity index is 897. The normalized spacial score (nSPS) is 16.6. The monoisotopic (exact) mass is 374 g/mol. The predicted octanol–water partition coefficient (Wildman–Crippen LogP) is 2.58. The zero-order chi connectivity index (χ0) is 18.7. The molecular weight excluding hydrogens is 352 g/mol. The van der Waals surface area contributed by atoms with E-state index in [4.69, 9.17) is 4.74 Å². The average molecular weight is 374 g/mol. The number of methoxy groups -OCH3 is 1. The van der Waals surface area contributed by atoms with Gasteiger partial charge in [0.1, 0.15) is 0 Å². The molecule has 0 bridgehead atoms. The zero-order valence-corrected chi connectivity index (χ0v) is 15.6. The summed E-state index contributed by atoms with van der Waals surface area (Å²) < 4.78 is 32.9. The van der Waals surface area contributed by atoms with Crippen LogP contribution >= 0.6 is 0 Å². The second kappa shape index (κ2) is 7.57. The molecule has 1 aliphatic rings. The molecule has 0 saturated carbocycles. The van der Waals surface area contributed by atoms with Crippen LogP contribution in [-0.4, -0.2) is 38.9 Å². The van der Waals surface area contributed by atoms with E-state index in [1.165, 1.54) is 10.4 Å². The third-order valence-electron chi connectivity index (χ3n) is 4.53. The third-order valence-corrected chi connectivity index (χ3v) is 6.37. The Balaban J connectivity index is 1.94. The van der Waals surface area contributed by atoms with Gasteiger partial charge in [0.15, 0.2) is 0 Å². The number of ether oxygens (including phenoxy) is 1. The summed E-state index contributed by atoms with van der Waals surface area (Å²) in [4.78, 5) is 12.0. The number of hydrogen-bond donors (Lipinski definition) is 1. The Morgan fingerprint density at radius 1 is 1.15 bits per heavy atom. The second-order valence-electron chi connectivity index (χ2n) is 6.28. The molecule has 0 aromatic heterocycles. The summed E-state index contributed by atoms with van der Waals surface area (Å²) in [5, 5.41) is 2.76. The van der Waals surface area contributed by atoms with Gasteiger partial charge in [0.25, 0.3) is 0 Å². The van der Waals surface area contributed by atoms with Crippen LogP contribution in [0.25, 0.3) is 0 Å². The number of rotatable bonds is 7. The summed E-state index contributed by atoms with van der Waals surface area (Å²) in [5.41, 5.74) is 2.29. The maximum absolute atomic E-state index is 13.2. The van der Waals surface area contributed by atoms with Crippen LogP contribution in [0.2, 0.25) is 0 Å². The lowest BCUT2D eigenvalue weighted by Crippen LogP contribution is -2.33. The van der Waals surface area contributed by atoms with Crippen LogP contribution in [0.15, 0.2) is 53.4 Å². The first-order valence-electron chi connectivity index (χ1n) is 8.41. The van der Waals surface area contributed by atoms with Gasteiger partial charge in [0, 0.05) is 25.9 Å². The van der Waals surface area contributed by atoms with E-state index >= 15 is 0 Å². The second-order valence-corrected chi connectivity index (χ2v) is 8.21. The Kier molecular flexibility index (Phi) is 5.41. The highest BCUT2D eigenvalue weighted by atomic mass is 32.2. The molecule has 1 amide bonds. The number of carbonyl (C=O) groups excluding carboxylic acids is 1. The van der Waals surface area contributed by atoms with Crippen molar-refractivity contribution in [2.24, 2.45) is 0 Å². The van der Waals surface area contributed by atoms with Crippen LogP contribution in [-0.2, 0) is 26.1 Å². The molecule has 138 valence electrons. The molecule has 1 aliphatic heterocycles. The fraction of sp³-hybridized carbons (Fsp3) is 0.316. The van der Waals surface area contributed by atoms with E-state index in [0.29, 0.717) is 17.9 Å². The minimum Gasteiger partial charge on any atom is -0.383 e. The number of fused-ring (bicyclic) bond motifs is 1. The summed E-state index contributed by atoms with van der Waals surface area (Å²) in [6.45, 7) is 2.57. The number of anilines is 1. The number of benzene rings is 2. The standard InChI is InChI=1S/C19H22N2O4S/c1-14-17-12-16(8-9-18(17)20-19(14)22)26(23,24)21(10-11-25-2)13-15-6-4-3-5-7-15/h3-9,12,14H,10-11,13H2,1-2H3,(H,20,22)/t14-/m0/s1. The number of nitrogens with one attached hydrogen (secondary N) is 1. The minimum absolute atomic E-state index is 0.116. The molecule has 2 aromatic rings. The van der Waals surface area contributed by atoms with Crippen LogP contribution in [0, 0.1) is 0 Å². The molecule has 0 saturated heterocycles. The van der Waals surface area contributed by atoms with Gasteiger partial charge in [-0.3, -0.25) is 4.79 Å². The van der Waals surface area contributed by atoms with Crippen molar-refractivity contribution < 1.29 is 17.9 Å². The molecule has 0 unspecified atom stereocenters. The molecule has 1 N–H and O–H groups in total. The smallest absolute Gasteiger partial charge is 0.243 e. The third kappa shape index (κ3) is 3.65. The summed E-state index contributed by atoms with van der Waals surface area (Å²) in [5.74, 6) is -0.475. The molecular formula is C19H22N2O4S. The topological polar surface area (TPSA) is 75.7 Å². The lowest BCUT2D eigenvalue weighted by Gasteiger charge is -2.22. The number of nitrogens with zero attached hydrogens (tertiary/aromatic N) is 1. The van der Waals surface area contributed by atoms with Crippen molar-refractivity contribution in [2.45, 2.75) is 24.3 Å². The van der Waals surface area contributed by atoms with E-state index in [0.717, 1.165) is 5.56 Å². The van der Waals surface area contributed by atoms with Crippen molar-refractivity contribution >= 4 is 21.6 Å². The largest absolute Gasteiger partial charge is 0.383 e. The van der Waals surface area contributed by atoms with Crippen molar-refractivity contribution in [1.29, 1.82) is 0 Å². The van der Waals surface area contributed by atoms with Gasteiger partial charge in [-0.15, -0.1) is 0 Å². The Morgan fingerprint density at radius 2 is 1.88 bits per heavy atom. The maximum Gasteiger partial charge on any atom is 0.243 e. The molecule has 1 atom stereocenters. The SMILES string of the molecule is COCCN(Cc1ccccc1)S(=O)(=O)c1ccc2c(c1)[C@H](C)C(=O)N2. The Morgan fingerprint density at radius 3 is 2.58 bits per heavy atom. The molecule has 6 nitrogen and oxygen atoms in total. The number of hydrogen-bond acceptors (Lipinski definition) is 4. The van der Waals surface area contributed by atoms with E-state index in [-0.39, 0.29) is 29.8 Å². The van der Waals surface area contributed by atoms with Gasteiger partial charge in [0.05, 0.1) is 17.4 Å². The van der Waals surface area contributed by atoms with Crippen LogP contribution < -0.4 is 5.32 Å². The van der Waals surface area contributed by atoms with Gasteiger partial charge < -0.3 is 10.1 Å². The van der Waals surface area contributed by atoms with E-state index in [1.807, 2.05) is 30.3 Å². The minimum atomic E-state index is -3.72. The summed E-state index contributed by atoms with van der Waals surface area (Å²) in [6, 6.07) is 14.2. The first-order chi connectivity index (χ1) is 12.4. The fourth-order valence-electron chi connectivity index (χ4n) is 2.97. The average Bonchev–Trinajstić information content (AvgIpc) is 2.93. The Hall–Kier alpha value is -2.22. The van der Waals surface area contributed by atoms with Gasteiger partial charge in [0.2, 0.25) is 15.9 Å². The Labute approximate surface area is 153 Å². The first-order valence-corrected chi connectivity index (χ1v) is 9.85. The highest BCUT2D eigenvalue weighted by Gasteiger charge is 2.30. The van der Waals surface area contributed by atoms with E-state index in [9.17, 15) is 13.2 Å². The molecule has 3 rings (SSSR count). The maximum atomic E-state index is 13.2. The van der Waals surface area contributed by atoms with E-state index < -0.39 is 10.0 Å². The van der Waals surface area contributed by atoms with Gasteiger partial charge >= 0.3 is 0 Å². The predicted molar refractivity (Wildman–Crippen MR) is 99.4 cm³/mol. The number of sulfonamides is 1. The summed E-state index contributed by atoms with van der Waals surface area (Å²) >= 11 is 0. The van der Waals surface area contributed by atoms with Crippen LogP contribution in [0.1, 0.15) is 24.0 Å². The molecule has 2 aromatic carbocycles. The van der Waals surface area contributed by atoms with Gasteiger partial charge in [-0.25, -0.2) is 8.42 Å². The van der Waals surface area contributed by atoms with Gasteiger partial charge in [-0.05, 0) is 36.2 Å². The van der Waals surface area contributed by atoms with Crippen LogP contribution in [0.5, 0.6) is 0 Å². The molecule has 0 spiro atoms. The molecule has 7 heteroatoms. The quantitative estimate of drug-likeness (QED) is 0.808. The lowest BCUT2D eigenvalue weighted by molar-refractivity contribution is -0.116. The van der Waals surface area contributed by atoms with Crippen molar-refractivity contribution in [3.63, 3.8) is 0 Å². The first kappa shape index (κ1) is 18.6. The highest BCUT2D eigenvalue weighted by Crippen LogP contribution is 2.34. The highest BCUT2D eigenvalue weighted by molar-refractivity contribution is 7.89. The fourth-order valence-corrected chi connectivity index (χ4v) is 4.42. The van der Waals surface area contributed by atoms with Gasteiger partial charge in [-0.2, -0.15) is 4.31 Å². The zero-order valence-electron chi connectivity index (χ0n) is 14.8.